The van der Waals surface area contributed by atoms with Crippen molar-refractivity contribution in [2.24, 2.45) is 0 Å². The van der Waals surface area contributed by atoms with E-state index in [9.17, 15) is 0 Å². The summed E-state index contributed by atoms with van der Waals surface area (Å²) in [6.07, 6.45) is 1.93. The standard InChI is InChI=1S/C9H7IN2/c10-12-7-6-9(11-12)8-4-2-1-3-5-8/h1-7H. The lowest BCUT2D eigenvalue weighted by Gasteiger charge is -1.92. The maximum Gasteiger partial charge on any atom is 0.0931 e. The summed E-state index contributed by atoms with van der Waals surface area (Å²) >= 11 is 2.13. The van der Waals surface area contributed by atoms with E-state index in [1.807, 2.05) is 30.5 Å². The van der Waals surface area contributed by atoms with E-state index in [0.29, 0.717) is 0 Å². The molecule has 1 aromatic heterocycles. The summed E-state index contributed by atoms with van der Waals surface area (Å²) < 4.78 is 1.78. The van der Waals surface area contributed by atoms with Crippen LogP contribution in [-0.4, -0.2) is 7.99 Å². The summed E-state index contributed by atoms with van der Waals surface area (Å²) in [5.41, 5.74) is 2.18. The first-order valence-electron chi connectivity index (χ1n) is 3.63. The molecule has 0 aliphatic rings. The Labute approximate surface area is 84.7 Å². The Kier molecular flexibility index (Phi) is 2.12. The van der Waals surface area contributed by atoms with Crippen LogP contribution in [0.15, 0.2) is 42.6 Å². The molecule has 2 aromatic rings. The highest BCUT2D eigenvalue weighted by Crippen LogP contribution is 2.16. The van der Waals surface area contributed by atoms with Gasteiger partial charge in [-0.25, -0.2) is 2.90 Å². The van der Waals surface area contributed by atoms with Crippen molar-refractivity contribution in [1.29, 1.82) is 0 Å². The third-order valence-corrected chi connectivity index (χ3v) is 2.17. The molecule has 0 fully saturated rings. The van der Waals surface area contributed by atoms with Gasteiger partial charge in [-0.15, -0.1) is 0 Å². The van der Waals surface area contributed by atoms with Crippen LogP contribution in [0.3, 0.4) is 0 Å². The quantitative estimate of drug-likeness (QED) is 0.728. The normalized spacial score (nSPS) is 10.1. The van der Waals surface area contributed by atoms with Crippen molar-refractivity contribution >= 4 is 22.9 Å². The lowest BCUT2D eigenvalue weighted by atomic mass is 10.2. The molecule has 0 amide bonds. The highest BCUT2D eigenvalue weighted by Gasteiger charge is 1.98. The zero-order valence-electron chi connectivity index (χ0n) is 6.31. The summed E-state index contributed by atoms with van der Waals surface area (Å²) in [4.78, 5) is 0. The predicted octanol–water partition coefficient (Wildman–Crippen LogP) is 2.75. The lowest BCUT2D eigenvalue weighted by Crippen LogP contribution is -1.80. The molecule has 0 aliphatic carbocycles. The van der Waals surface area contributed by atoms with Gasteiger partial charge >= 0.3 is 0 Å². The monoisotopic (exact) mass is 270 g/mol. The van der Waals surface area contributed by atoms with Crippen LogP contribution < -0.4 is 0 Å². The zero-order chi connectivity index (χ0) is 8.39. The first-order chi connectivity index (χ1) is 5.86. The summed E-state index contributed by atoms with van der Waals surface area (Å²) in [5, 5.41) is 4.28. The smallest absolute Gasteiger partial charge is 0.0931 e. The lowest BCUT2D eigenvalue weighted by molar-refractivity contribution is 1.06. The second-order valence-corrected chi connectivity index (χ2v) is 3.44. The van der Waals surface area contributed by atoms with Crippen LogP contribution in [-0.2, 0) is 0 Å². The molecule has 2 nitrogen and oxygen atoms in total. The van der Waals surface area contributed by atoms with E-state index in [1.165, 1.54) is 0 Å². The fourth-order valence-corrected chi connectivity index (χ4v) is 1.46. The second kappa shape index (κ2) is 3.26. The minimum Gasteiger partial charge on any atom is -0.211 e. The van der Waals surface area contributed by atoms with Crippen LogP contribution >= 0.6 is 22.9 Å². The van der Waals surface area contributed by atoms with Gasteiger partial charge < -0.3 is 0 Å². The number of nitrogens with zero attached hydrogens (tertiary/aromatic N) is 2. The topological polar surface area (TPSA) is 17.8 Å². The first-order valence-corrected chi connectivity index (χ1v) is 4.60. The average molecular weight is 270 g/mol. The molecule has 1 aromatic carbocycles. The fourth-order valence-electron chi connectivity index (χ4n) is 1.06. The Hall–Kier alpha value is -0.840. The summed E-state index contributed by atoms with van der Waals surface area (Å²) in [5.74, 6) is 0. The number of rotatable bonds is 1. The molecule has 60 valence electrons. The van der Waals surface area contributed by atoms with Crippen molar-refractivity contribution in [2.75, 3.05) is 0 Å². The number of hydrogen-bond acceptors (Lipinski definition) is 1. The SMILES string of the molecule is In1ccc(-c2ccccc2)n1. The van der Waals surface area contributed by atoms with Gasteiger partial charge in [-0.1, -0.05) is 30.3 Å². The first kappa shape index (κ1) is 7.79. The van der Waals surface area contributed by atoms with Crippen molar-refractivity contribution in [3.8, 4) is 11.3 Å². The van der Waals surface area contributed by atoms with Gasteiger partial charge in [0.1, 0.15) is 0 Å². The molecule has 0 radical (unpaired) electrons. The number of benzene rings is 1. The van der Waals surface area contributed by atoms with Gasteiger partial charge in [0.15, 0.2) is 0 Å². The Balaban J connectivity index is 2.45. The highest BCUT2D eigenvalue weighted by molar-refractivity contribution is 14.1. The summed E-state index contributed by atoms with van der Waals surface area (Å²) in [6.45, 7) is 0. The van der Waals surface area contributed by atoms with E-state index in [2.05, 4.69) is 40.1 Å². The van der Waals surface area contributed by atoms with Crippen LogP contribution in [0.5, 0.6) is 0 Å². The molecule has 1 heterocycles. The Morgan fingerprint density at radius 2 is 1.83 bits per heavy atom. The zero-order valence-corrected chi connectivity index (χ0v) is 8.47. The van der Waals surface area contributed by atoms with Gasteiger partial charge in [-0.2, -0.15) is 5.10 Å². The summed E-state index contributed by atoms with van der Waals surface area (Å²) in [6, 6.07) is 12.1. The average Bonchev–Trinajstić information content (AvgIpc) is 2.54. The molecule has 2 rings (SSSR count). The van der Waals surface area contributed by atoms with Gasteiger partial charge in [-0.3, -0.25) is 0 Å². The third kappa shape index (κ3) is 1.50. The van der Waals surface area contributed by atoms with E-state index >= 15 is 0 Å². The third-order valence-electron chi connectivity index (χ3n) is 1.63. The van der Waals surface area contributed by atoms with Crippen molar-refractivity contribution in [3.05, 3.63) is 42.6 Å². The Bertz CT molecular complexity index is 367. The molecular formula is C9H7IN2. The minimum absolute atomic E-state index is 1.02. The number of hydrogen-bond donors (Lipinski definition) is 0. The molecule has 12 heavy (non-hydrogen) atoms. The van der Waals surface area contributed by atoms with Crippen molar-refractivity contribution in [2.45, 2.75) is 0 Å². The largest absolute Gasteiger partial charge is 0.211 e. The summed E-state index contributed by atoms with van der Waals surface area (Å²) in [7, 11) is 0. The molecular weight excluding hydrogens is 263 g/mol. The maximum absolute atomic E-state index is 4.28. The van der Waals surface area contributed by atoms with Crippen molar-refractivity contribution in [1.82, 2.24) is 7.99 Å². The van der Waals surface area contributed by atoms with Crippen molar-refractivity contribution < 1.29 is 0 Å². The number of aromatic nitrogens is 2. The molecule has 3 heteroatoms. The van der Waals surface area contributed by atoms with Gasteiger partial charge in [0.25, 0.3) is 0 Å². The van der Waals surface area contributed by atoms with E-state index in [4.69, 9.17) is 0 Å². The Morgan fingerprint density at radius 1 is 1.08 bits per heavy atom. The van der Waals surface area contributed by atoms with E-state index in [-0.39, 0.29) is 0 Å². The molecule has 0 bridgehead atoms. The second-order valence-electron chi connectivity index (χ2n) is 2.46. The van der Waals surface area contributed by atoms with E-state index in [1.54, 1.807) is 2.90 Å². The van der Waals surface area contributed by atoms with Crippen LogP contribution in [0, 0.1) is 0 Å². The van der Waals surface area contributed by atoms with Crippen LogP contribution in [0.2, 0.25) is 0 Å². The molecule has 0 spiro atoms. The predicted molar refractivity (Wildman–Crippen MR) is 57.1 cm³/mol. The van der Waals surface area contributed by atoms with Crippen LogP contribution in [0.1, 0.15) is 0 Å². The van der Waals surface area contributed by atoms with Gasteiger partial charge in [0.2, 0.25) is 0 Å². The van der Waals surface area contributed by atoms with Gasteiger partial charge in [0.05, 0.1) is 28.6 Å². The minimum atomic E-state index is 1.02. The molecule has 0 saturated heterocycles. The molecule has 0 N–H and O–H groups in total. The highest BCUT2D eigenvalue weighted by atomic mass is 127. The fraction of sp³-hybridized carbons (Fsp3) is 0. The van der Waals surface area contributed by atoms with E-state index in [0.717, 1.165) is 11.3 Å². The van der Waals surface area contributed by atoms with Gasteiger partial charge in [-0.05, 0) is 6.07 Å². The Morgan fingerprint density at radius 3 is 2.42 bits per heavy atom. The van der Waals surface area contributed by atoms with Crippen LogP contribution in [0.25, 0.3) is 11.3 Å². The van der Waals surface area contributed by atoms with Crippen molar-refractivity contribution in [3.63, 3.8) is 0 Å². The van der Waals surface area contributed by atoms with Crippen LogP contribution in [0.4, 0.5) is 0 Å². The molecule has 0 atom stereocenters. The molecule has 0 unspecified atom stereocenters. The maximum atomic E-state index is 4.28. The van der Waals surface area contributed by atoms with Gasteiger partial charge in [0, 0.05) is 11.8 Å². The number of halogens is 1. The molecule has 0 saturated carbocycles. The molecule has 0 aliphatic heterocycles. The van der Waals surface area contributed by atoms with E-state index < -0.39 is 0 Å².